The van der Waals surface area contributed by atoms with E-state index in [1.165, 1.54) is 32.1 Å². The molecule has 16 heavy (non-hydrogen) atoms. The highest BCUT2D eigenvalue weighted by atomic mass is 16.5. The molecule has 0 spiro atoms. The quantitative estimate of drug-likeness (QED) is 0.677. The SMILES string of the molecule is O=CN1CCOCC1COC1CCCCC1. The second kappa shape index (κ2) is 6.21. The van der Waals surface area contributed by atoms with Gasteiger partial charge in [-0.2, -0.15) is 0 Å². The molecule has 1 amide bonds. The second-order valence-electron chi connectivity index (χ2n) is 4.67. The van der Waals surface area contributed by atoms with Gasteiger partial charge in [0.25, 0.3) is 0 Å². The lowest BCUT2D eigenvalue weighted by molar-refractivity contribution is -0.130. The predicted octanol–water partition coefficient (Wildman–Crippen LogP) is 1.19. The predicted molar refractivity (Wildman–Crippen MR) is 60.2 cm³/mol. The zero-order valence-corrected chi connectivity index (χ0v) is 9.77. The number of morpholine rings is 1. The lowest BCUT2D eigenvalue weighted by atomic mass is 9.98. The molecule has 4 nitrogen and oxygen atoms in total. The van der Waals surface area contributed by atoms with Gasteiger partial charge in [0, 0.05) is 6.54 Å². The lowest BCUT2D eigenvalue weighted by Gasteiger charge is -2.34. The average molecular weight is 227 g/mol. The highest BCUT2D eigenvalue weighted by molar-refractivity contribution is 5.47. The fraction of sp³-hybridized carbons (Fsp3) is 0.917. The van der Waals surface area contributed by atoms with E-state index in [-0.39, 0.29) is 6.04 Å². The fourth-order valence-corrected chi connectivity index (χ4v) is 2.43. The third-order valence-corrected chi connectivity index (χ3v) is 3.48. The number of hydrogen-bond acceptors (Lipinski definition) is 3. The number of amides is 1. The third-order valence-electron chi connectivity index (χ3n) is 3.48. The molecule has 4 heteroatoms. The highest BCUT2D eigenvalue weighted by Crippen LogP contribution is 2.20. The van der Waals surface area contributed by atoms with Crippen LogP contribution in [0.5, 0.6) is 0 Å². The molecule has 0 aromatic heterocycles. The maximum absolute atomic E-state index is 10.8. The maximum atomic E-state index is 10.8. The number of carbonyl (C=O) groups excluding carboxylic acids is 1. The summed E-state index contributed by atoms with van der Waals surface area (Å²) >= 11 is 0. The van der Waals surface area contributed by atoms with Gasteiger partial charge in [0.15, 0.2) is 0 Å². The summed E-state index contributed by atoms with van der Waals surface area (Å²) in [6.45, 7) is 2.59. The van der Waals surface area contributed by atoms with Gasteiger partial charge < -0.3 is 14.4 Å². The largest absolute Gasteiger partial charge is 0.377 e. The Kier molecular flexibility index (Phi) is 4.60. The molecule has 1 aliphatic heterocycles. The molecule has 2 fully saturated rings. The van der Waals surface area contributed by atoms with Crippen LogP contribution in [0.2, 0.25) is 0 Å². The Bertz CT molecular complexity index is 216. The first kappa shape index (κ1) is 11.9. The van der Waals surface area contributed by atoms with E-state index in [0.29, 0.717) is 32.5 Å². The molecule has 92 valence electrons. The van der Waals surface area contributed by atoms with E-state index in [1.54, 1.807) is 4.90 Å². The van der Waals surface area contributed by atoms with Crippen molar-refractivity contribution in [1.82, 2.24) is 4.90 Å². The number of rotatable bonds is 4. The van der Waals surface area contributed by atoms with E-state index >= 15 is 0 Å². The smallest absolute Gasteiger partial charge is 0.210 e. The lowest BCUT2D eigenvalue weighted by Crippen LogP contribution is -2.47. The Balaban J connectivity index is 1.72. The minimum absolute atomic E-state index is 0.119. The topological polar surface area (TPSA) is 38.8 Å². The van der Waals surface area contributed by atoms with Gasteiger partial charge >= 0.3 is 0 Å². The Morgan fingerprint density at radius 1 is 1.31 bits per heavy atom. The van der Waals surface area contributed by atoms with Crippen molar-refractivity contribution in [1.29, 1.82) is 0 Å². The van der Waals surface area contributed by atoms with Gasteiger partial charge in [-0.3, -0.25) is 4.79 Å². The zero-order chi connectivity index (χ0) is 11.2. The molecular weight excluding hydrogens is 206 g/mol. The summed E-state index contributed by atoms with van der Waals surface area (Å²) in [6.07, 6.45) is 7.57. The van der Waals surface area contributed by atoms with Crippen LogP contribution < -0.4 is 0 Å². The van der Waals surface area contributed by atoms with Crippen LogP contribution in [-0.2, 0) is 14.3 Å². The van der Waals surface area contributed by atoms with Crippen LogP contribution in [0, 0.1) is 0 Å². The van der Waals surface area contributed by atoms with Crippen LogP contribution in [0.1, 0.15) is 32.1 Å². The first-order valence-electron chi connectivity index (χ1n) is 6.30. The molecule has 1 atom stereocenters. The number of hydrogen-bond donors (Lipinski definition) is 0. The van der Waals surface area contributed by atoms with E-state index in [9.17, 15) is 4.79 Å². The van der Waals surface area contributed by atoms with Crippen LogP contribution >= 0.6 is 0 Å². The fourth-order valence-electron chi connectivity index (χ4n) is 2.43. The summed E-state index contributed by atoms with van der Waals surface area (Å²) in [6, 6.07) is 0.119. The van der Waals surface area contributed by atoms with E-state index in [0.717, 1.165) is 6.41 Å². The molecule has 1 heterocycles. The minimum atomic E-state index is 0.119. The van der Waals surface area contributed by atoms with Gasteiger partial charge in [-0.1, -0.05) is 19.3 Å². The normalized spacial score (nSPS) is 28.0. The van der Waals surface area contributed by atoms with Crippen molar-refractivity contribution in [3.05, 3.63) is 0 Å². The van der Waals surface area contributed by atoms with Gasteiger partial charge in [-0.25, -0.2) is 0 Å². The molecule has 0 bridgehead atoms. The van der Waals surface area contributed by atoms with Crippen molar-refractivity contribution in [2.24, 2.45) is 0 Å². The summed E-state index contributed by atoms with van der Waals surface area (Å²) in [7, 11) is 0. The molecule has 0 aromatic rings. The van der Waals surface area contributed by atoms with Crippen molar-refractivity contribution < 1.29 is 14.3 Å². The summed E-state index contributed by atoms with van der Waals surface area (Å²) in [5, 5.41) is 0. The molecule has 2 aliphatic rings. The van der Waals surface area contributed by atoms with Crippen molar-refractivity contribution >= 4 is 6.41 Å². The van der Waals surface area contributed by atoms with Crippen LogP contribution in [0.4, 0.5) is 0 Å². The Hall–Kier alpha value is -0.610. The van der Waals surface area contributed by atoms with Gasteiger partial charge in [-0.05, 0) is 12.8 Å². The summed E-state index contributed by atoms with van der Waals surface area (Å²) in [5.41, 5.74) is 0. The van der Waals surface area contributed by atoms with Crippen LogP contribution in [0.15, 0.2) is 0 Å². The van der Waals surface area contributed by atoms with Crippen LogP contribution in [-0.4, -0.2) is 49.8 Å². The molecule has 1 saturated heterocycles. The summed E-state index contributed by atoms with van der Waals surface area (Å²) < 4.78 is 11.2. The number of ether oxygens (including phenoxy) is 2. The van der Waals surface area contributed by atoms with E-state index in [2.05, 4.69) is 0 Å². The van der Waals surface area contributed by atoms with E-state index < -0.39 is 0 Å². The molecule has 0 aromatic carbocycles. The Morgan fingerprint density at radius 3 is 2.88 bits per heavy atom. The van der Waals surface area contributed by atoms with Gasteiger partial charge in [-0.15, -0.1) is 0 Å². The van der Waals surface area contributed by atoms with Crippen molar-refractivity contribution in [3.8, 4) is 0 Å². The molecule has 2 rings (SSSR count). The molecule has 0 radical (unpaired) electrons. The molecule has 1 unspecified atom stereocenters. The van der Waals surface area contributed by atoms with E-state index in [4.69, 9.17) is 9.47 Å². The van der Waals surface area contributed by atoms with Crippen LogP contribution in [0.3, 0.4) is 0 Å². The summed E-state index contributed by atoms with van der Waals surface area (Å²) in [5.74, 6) is 0. The molecular formula is C12H21NO3. The Morgan fingerprint density at radius 2 is 2.12 bits per heavy atom. The third kappa shape index (κ3) is 3.19. The maximum Gasteiger partial charge on any atom is 0.210 e. The monoisotopic (exact) mass is 227 g/mol. The van der Waals surface area contributed by atoms with Gasteiger partial charge in [0.05, 0.1) is 32.0 Å². The molecule has 0 N–H and O–H groups in total. The van der Waals surface area contributed by atoms with E-state index in [1.807, 2.05) is 0 Å². The van der Waals surface area contributed by atoms with Crippen molar-refractivity contribution in [3.63, 3.8) is 0 Å². The Labute approximate surface area is 96.9 Å². The van der Waals surface area contributed by atoms with Crippen molar-refractivity contribution in [2.75, 3.05) is 26.4 Å². The first-order valence-corrected chi connectivity index (χ1v) is 6.30. The van der Waals surface area contributed by atoms with Crippen LogP contribution in [0.25, 0.3) is 0 Å². The van der Waals surface area contributed by atoms with Gasteiger partial charge in [0.1, 0.15) is 0 Å². The standard InChI is InChI=1S/C12H21NO3/c14-10-13-6-7-15-8-11(13)9-16-12-4-2-1-3-5-12/h10-12H,1-9H2. The first-order chi connectivity index (χ1) is 7.90. The molecule has 1 saturated carbocycles. The average Bonchev–Trinajstić information content (AvgIpc) is 2.38. The zero-order valence-electron chi connectivity index (χ0n) is 9.77. The minimum Gasteiger partial charge on any atom is -0.377 e. The number of carbonyl (C=O) groups is 1. The van der Waals surface area contributed by atoms with Gasteiger partial charge in [0.2, 0.25) is 6.41 Å². The molecule has 1 aliphatic carbocycles. The second-order valence-corrected chi connectivity index (χ2v) is 4.67. The number of nitrogens with zero attached hydrogens (tertiary/aromatic N) is 1. The summed E-state index contributed by atoms with van der Waals surface area (Å²) in [4.78, 5) is 12.6. The highest BCUT2D eigenvalue weighted by Gasteiger charge is 2.23. The van der Waals surface area contributed by atoms with Crippen molar-refractivity contribution in [2.45, 2.75) is 44.2 Å².